The zero-order valence-corrected chi connectivity index (χ0v) is 24.4. The van der Waals surface area contributed by atoms with Gasteiger partial charge in [0, 0.05) is 40.8 Å². The van der Waals surface area contributed by atoms with Gasteiger partial charge in [-0.25, -0.2) is 0 Å². The molecule has 0 aliphatic rings. The first kappa shape index (κ1) is 36.5. The first-order valence-corrected chi connectivity index (χ1v) is 13.1. The summed E-state index contributed by atoms with van der Waals surface area (Å²) in [4.78, 5) is 16.8. The minimum atomic E-state index is 0. The van der Waals surface area contributed by atoms with E-state index in [4.69, 9.17) is 10.2 Å². The minimum Gasteiger partial charge on any atom is -0.397 e. The molecule has 0 aromatic rings. The van der Waals surface area contributed by atoms with Gasteiger partial charge in [0.05, 0.1) is 0 Å². The summed E-state index contributed by atoms with van der Waals surface area (Å²) in [7, 11) is 0. The summed E-state index contributed by atoms with van der Waals surface area (Å²) in [6.45, 7) is 10.6. The van der Waals surface area contributed by atoms with Gasteiger partial charge in [0.2, 0.25) is 0 Å². The van der Waals surface area contributed by atoms with Crippen molar-refractivity contribution < 1.29 is 36.1 Å². The Balaban J connectivity index is -0.00000198. The summed E-state index contributed by atoms with van der Waals surface area (Å²) in [5, 5.41) is 19.1. The van der Waals surface area contributed by atoms with Crippen molar-refractivity contribution in [1.29, 1.82) is 0 Å². The predicted octanol–water partition coefficient (Wildman–Crippen LogP) is 6.48. The summed E-state index contributed by atoms with van der Waals surface area (Å²) in [5.41, 5.74) is 0. The molecule has 0 heterocycles. The average Bonchev–Trinajstić information content (AvgIpc) is 2.77. The van der Waals surface area contributed by atoms with E-state index in [1.54, 1.807) is 6.92 Å². The zero-order chi connectivity index (χ0) is 23.4. The summed E-state index contributed by atoms with van der Waals surface area (Å²) >= 11 is 0. The average molecular weight is 631 g/mol. The molecule has 1 atom stereocenters. The first-order valence-electron chi connectivity index (χ1n) is 13.1. The van der Waals surface area contributed by atoms with Crippen molar-refractivity contribution in [2.45, 2.75) is 117 Å². The largest absolute Gasteiger partial charge is 0.397 e. The van der Waals surface area contributed by atoms with E-state index >= 15 is 0 Å². The van der Waals surface area contributed by atoms with Crippen LogP contribution in [-0.4, -0.2) is 54.6 Å². The quantitative estimate of drug-likeness (QED) is 0.0768. The van der Waals surface area contributed by atoms with Crippen LogP contribution in [0.15, 0.2) is 5.34 Å². The minimum absolute atomic E-state index is 0. The molecule has 0 bridgehead atoms. The third kappa shape index (κ3) is 30.0. The third-order valence-electron chi connectivity index (χ3n) is 5.76. The third-order valence-corrected chi connectivity index (χ3v) is 5.76. The molecule has 0 aliphatic carbocycles. The summed E-state index contributed by atoms with van der Waals surface area (Å²) in [6, 6.07) is 0. The number of aliphatic hydroxyl groups excluding tert-OH is 2. The second-order valence-electron chi connectivity index (χ2n) is 8.53. The van der Waals surface area contributed by atoms with Gasteiger partial charge in [-0.2, -0.15) is 0 Å². The van der Waals surface area contributed by atoms with Crippen molar-refractivity contribution in [3.63, 3.8) is 0 Å². The fourth-order valence-corrected chi connectivity index (χ4v) is 3.96. The molecule has 0 rings (SSSR count). The predicted molar refractivity (Wildman–Crippen MR) is 132 cm³/mol. The number of nitrogens with zero attached hydrogens (tertiary/aromatic N) is 2. The van der Waals surface area contributed by atoms with Gasteiger partial charge in [0.15, 0.2) is 5.34 Å². The van der Waals surface area contributed by atoms with Crippen molar-refractivity contribution in [1.82, 2.24) is 4.90 Å². The number of rotatable bonds is 23. The van der Waals surface area contributed by atoms with Crippen LogP contribution in [0.5, 0.6) is 0 Å². The Hall–Kier alpha value is -0.0317. The molecule has 2 N–H and O–H groups in total. The topological polar surface area (TPSA) is 82.4 Å². The molecule has 0 aliphatic heterocycles. The molecule has 0 radical (unpaired) electrons. The second kappa shape index (κ2) is 33.1. The molecule has 32 heavy (non-hydrogen) atoms. The standard InChI is InChI=1S/C23H48N2O3.C2H6O.W/c1-3-16-23(4-2)17-11-7-5-6-8-12-18-25(20-15-21-26)19-13-9-10-14-22-28-24-27;1-2-3;/h23,26H,3-22H2,1-2H3;3H,2H2,1H3;. The normalized spacial score (nSPS) is 11.4. The Kier molecular flexibility index (Phi) is 37.8. The van der Waals surface area contributed by atoms with Gasteiger partial charge in [-0.05, 0) is 58.0 Å². The van der Waals surface area contributed by atoms with E-state index < -0.39 is 0 Å². The van der Waals surface area contributed by atoms with Crippen LogP contribution < -0.4 is 0 Å². The molecule has 0 amide bonds. The SMILES string of the molecule is CCCC(CC)CCCCCCCCN(CCCO)CCCCCCON=O.CCO.[W]. The smallest absolute Gasteiger partial charge is 0.155 e. The summed E-state index contributed by atoms with van der Waals surface area (Å²) in [5.74, 6) is 0.958. The Morgan fingerprint density at radius 1 is 0.750 bits per heavy atom. The Morgan fingerprint density at radius 2 is 1.25 bits per heavy atom. The molecule has 0 aromatic heterocycles. The van der Waals surface area contributed by atoms with Crippen LogP contribution in [0.3, 0.4) is 0 Å². The second-order valence-corrected chi connectivity index (χ2v) is 8.53. The van der Waals surface area contributed by atoms with Crippen LogP contribution in [0.2, 0.25) is 0 Å². The Labute approximate surface area is 213 Å². The van der Waals surface area contributed by atoms with Crippen molar-refractivity contribution in [3.05, 3.63) is 4.91 Å². The van der Waals surface area contributed by atoms with E-state index in [1.807, 2.05) is 0 Å². The van der Waals surface area contributed by atoms with E-state index in [0.717, 1.165) is 51.2 Å². The number of hydrogen-bond donors (Lipinski definition) is 2. The van der Waals surface area contributed by atoms with Gasteiger partial charge >= 0.3 is 0 Å². The Morgan fingerprint density at radius 3 is 1.75 bits per heavy atom. The van der Waals surface area contributed by atoms with E-state index in [-0.39, 0.29) is 34.3 Å². The fourth-order valence-electron chi connectivity index (χ4n) is 3.96. The van der Waals surface area contributed by atoms with Gasteiger partial charge in [0.1, 0.15) is 6.61 Å². The van der Waals surface area contributed by atoms with Crippen molar-refractivity contribution >= 4 is 0 Å². The summed E-state index contributed by atoms with van der Waals surface area (Å²) < 4.78 is 0. The van der Waals surface area contributed by atoms with Crippen LogP contribution in [0.4, 0.5) is 0 Å². The van der Waals surface area contributed by atoms with Crippen molar-refractivity contribution in [2.75, 3.05) is 39.5 Å². The van der Waals surface area contributed by atoms with E-state index in [1.165, 1.54) is 70.6 Å². The fraction of sp³-hybridized carbons (Fsp3) is 1.00. The number of aliphatic hydroxyl groups is 2. The molecule has 0 spiro atoms. The molecule has 0 saturated heterocycles. The monoisotopic (exact) mass is 630 g/mol. The van der Waals surface area contributed by atoms with E-state index in [2.05, 4.69) is 28.9 Å². The number of hydrogen-bond acceptors (Lipinski definition) is 6. The van der Waals surface area contributed by atoms with E-state index in [0.29, 0.717) is 6.61 Å². The van der Waals surface area contributed by atoms with Gasteiger partial charge in [-0.3, -0.25) is 0 Å². The maximum absolute atomic E-state index is 9.85. The Bertz CT molecular complexity index is 339. The van der Waals surface area contributed by atoms with Crippen LogP contribution in [0.1, 0.15) is 117 Å². The molecule has 1 unspecified atom stereocenters. The van der Waals surface area contributed by atoms with Gasteiger partial charge < -0.3 is 20.0 Å². The van der Waals surface area contributed by atoms with Crippen LogP contribution in [-0.2, 0) is 25.9 Å². The van der Waals surface area contributed by atoms with Crippen LogP contribution in [0, 0.1) is 10.8 Å². The van der Waals surface area contributed by atoms with Crippen molar-refractivity contribution in [2.24, 2.45) is 11.3 Å². The molecule has 0 aromatic carbocycles. The van der Waals surface area contributed by atoms with Gasteiger partial charge in [0.25, 0.3) is 0 Å². The van der Waals surface area contributed by atoms with Gasteiger partial charge in [-0.15, -0.1) is 4.91 Å². The zero-order valence-electron chi connectivity index (χ0n) is 21.4. The maximum Gasteiger partial charge on any atom is 0.155 e. The van der Waals surface area contributed by atoms with Crippen LogP contribution in [0.25, 0.3) is 0 Å². The first-order chi connectivity index (χ1) is 15.2. The van der Waals surface area contributed by atoms with Crippen molar-refractivity contribution in [3.8, 4) is 0 Å². The van der Waals surface area contributed by atoms with Crippen LogP contribution >= 0.6 is 0 Å². The molecule has 194 valence electrons. The molecular weight excluding hydrogens is 576 g/mol. The molecule has 6 nitrogen and oxygen atoms in total. The molecule has 7 heteroatoms. The van der Waals surface area contributed by atoms with E-state index in [9.17, 15) is 4.91 Å². The molecule has 0 fully saturated rings. The summed E-state index contributed by atoms with van der Waals surface area (Å²) in [6.07, 6.45) is 18.9. The van der Waals surface area contributed by atoms with Gasteiger partial charge in [-0.1, -0.05) is 78.1 Å². The molecule has 0 saturated carbocycles. The number of unbranched alkanes of at least 4 members (excludes halogenated alkanes) is 8. The maximum atomic E-state index is 9.85. The molecular formula is C25H54N2O4W.